The first-order valence-electron chi connectivity index (χ1n) is 4.44. The lowest BCUT2D eigenvalue weighted by Gasteiger charge is -2.06. The number of hydrogen-bond donors (Lipinski definition) is 2. The Morgan fingerprint density at radius 2 is 1.69 bits per heavy atom. The molecule has 0 saturated heterocycles. The van der Waals surface area contributed by atoms with Crippen molar-refractivity contribution in [2.75, 3.05) is 11.1 Å². The first-order chi connectivity index (χ1) is 7.63. The molecule has 0 radical (unpaired) electrons. The Morgan fingerprint density at radius 3 is 2.25 bits per heavy atom. The van der Waals surface area contributed by atoms with Crippen LogP contribution < -0.4 is 11.1 Å². The zero-order chi connectivity index (χ0) is 11.5. The van der Waals surface area contributed by atoms with E-state index in [-0.39, 0.29) is 0 Å². The summed E-state index contributed by atoms with van der Waals surface area (Å²) in [4.78, 5) is 7.96. The highest BCUT2D eigenvalue weighted by molar-refractivity contribution is 6.35. The fourth-order valence-electron chi connectivity index (χ4n) is 1.18. The van der Waals surface area contributed by atoms with Gasteiger partial charge in [-0.15, -0.1) is 0 Å². The van der Waals surface area contributed by atoms with Crippen LogP contribution in [-0.4, -0.2) is 9.97 Å². The molecule has 82 valence electrons. The van der Waals surface area contributed by atoms with Gasteiger partial charge in [-0.2, -0.15) is 0 Å². The minimum absolute atomic E-state index is 0.370. The molecule has 3 N–H and O–H groups in total. The van der Waals surface area contributed by atoms with Crippen molar-refractivity contribution in [3.63, 3.8) is 0 Å². The molecule has 0 bridgehead atoms. The molecule has 0 saturated carbocycles. The van der Waals surface area contributed by atoms with E-state index in [4.69, 9.17) is 28.9 Å². The minimum atomic E-state index is 0.370. The number of rotatable bonds is 2. The summed E-state index contributed by atoms with van der Waals surface area (Å²) in [6.45, 7) is 0. The van der Waals surface area contributed by atoms with E-state index in [0.717, 1.165) is 5.69 Å². The minimum Gasteiger partial charge on any atom is -0.382 e. The van der Waals surface area contributed by atoms with E-state index < -0.39 is 0 Å². The first kappa shape index (κ1) is 11.0. The number of nitrogens with two attached hydrogens (primary N) is 1. The number of nitrogens with zero attached hydrogens (tertiary/aromatic N) is 2. The fraction of sp³-hybridized carbons (Fsp3) is 0. The van der Waals surface area contributed by atoms with Gasteiger partial charge in [0.05, 0.1) is 12.4 Å². The topological polar surface area (TPSA) is 63.8 Å². The van der Waals surface area contributed by atoms with Gasteiger partial charge in [0.25, 0.3) is 0 Å². The molecule has 1 aromatic carbocycles. The summed E-state index contributed by atoms with van der Waals surface area (Å²) in [7, 11) is 0. The monoisotopic (exact) mass is 254 g/mol. The molecule has 0 aliphatic heterocycles. The summed E-state index contributed by atoms with van der Waals surface area (Å²) >= 11 is 11.7. The van der Waals surface area contributed by atoms with Crippen molar-refractivity contribution >= 4 is 40.5 Å². The van der Waals surface area contributed by atoms with Crippen LogP contribution in [-0.2, 0) is 0 Å². The number of benzene rings is 1. The van der Waals surface area contributed by atoms with E-state index in [2.05, 4.69) is 15.3 Å². The molecule has 0 spiro atoms. The van der Waals surface area contributed by atoms with Crippen LogP contribution in [0.3, 0.4) is 0 Å². The van der Waals surface area contributed by atoms with Gasteiger partial charge in [0.2, 0.25) is 0 Å². The molecule has 6 heteroatoms. The lowest BCUT2D eigenvalue weighted by Crippen LogP contribution is -1.97. The third-order valence-corrected chi connectivity index (χ3v) is 2.24. The van der Waals surface area contributed by atoms with Crippen LogP contribution in [0.2, 0.25) is 10.0 Å². The molecular weight excluding hydrogens is 247 g/mol. The number of nitrogens with one attached hydrogen (secondary N) is 1. The van der Waals surface area contributed by atoms with Gasteiger partial charge in [0.15, 0.2) is 0 Å². The summed E-state index contributed by atoms with van der Waals surface area (Å²) in [6.07, 6.45) is 3.00. The highest BCUT2D eigenvalue weighted by Gasteiger charge is 2.00. The second-order valence-electron chi connectivity index (χ2n) is 3.11. The van der Waals surface area contributed by atoms with Gasteiger partial charge in [-0.3, -0.25) is 0 Å². The smallest absolute Gasteiger partial charge is 0.149 e. The molecule has 16 heavy (non-hydrogen) atoms. The molecule has 1 aromatic heterocycles. The van der Waals surface area contributed by atoms with Crippen LogP contribution >= 0.6 is 23.2 Å². The Hall–Kier alpha value is -1.52. The number of hydrogen-bond acceptors (Lipinski definition) is 4. The van der Waals surface area contributed by atoms with Crippen LogP contribution in [0.25, 0.3) is 0 Å². The number of anilines is 3. The van der Waals surface area contributed by atoms with Crippen molar-refractivity contribution in [1.29, 1.82) is 0 Å². The quantitative estimate of drug-likeness (QED) is 0.865. The van der Waals surface area contributed by atoms with Crippen molar-refractivity contribution in [2.45, 2.75) is 0 Å². The Bertz CT molecular complexity index is 478. The van der Waals surface area contributed by atoms with Gasteiger partial charge in [-0.25, -0.2) is 9.97 Å². The van der Waals surface area contributed by atoms with Crippen molar-refractivity contribution < 1.29 is 0 Å². The highest BCUT2D eigenvalue weighted by Crippen LogP contribution is 2.24. The molecule has 2 rings (SSSR count). The van der Waals surface area contributed by atoms with Crippen LogP contribution in [0.1, 0.15) is 0 Å². The molecule has 4 nitrogen and oxygen atoms in total. The van der Waals surface area contributed by atoms with Gasteiger partial charge < -0.3 is 11.1 Å². The van der Waals surface area contributed by atoms with Crippen LogP contribution in [0.4, 0.5) is 17.3 Å². The zero-order valence-corrected chi connectivity index (χ0v) is 9.63. The average Bonchev–Trinajstić information content (AvgIpc) is 2.20. The van der Waals surface area contributed by atoms with Crippen LogP contribution in [0.5, 0.6) is 0 Å². The lowest BCUT2D eigenvalue weighted by molar-refractivity contribution is 1.21. The van der Waals surface area contributed by atoms with E-state index >= 15 is 0 Å². The predicted octanol–water partition coefficient (Wildman–Crippen LogP) is 3.11. The Morgan fingerprint density at radius 1 is 1.00 bits per heavy atom. The number of aromatic nitrogens is 2. The standard InChI is InChI=1S/C10H8Cl2N4/c11-6-1-7(12)3-8(2-6)16-10-5-14-9(13)4-15-10/h1-5H,(H2,13,14)(H,15,16). The second kappa shape index (κ2) is 4.55. The molecule has 0 atom stereocenters. The normalized spacial score (nSPS) is 10.1. The third-order valence-electron chi connectivity index (χ3n) is 1.81. The van der Waals surface area contributed by atoms with E-state index in [9.17, 15) is 0 Å². The lowest BCUT2D eigenvalue weighted by atomic mass is 10.3. The van der Waals surface area contributed by atoms with Crippen LogP contribution in [0, 0.1) is 0 Å². The summed E-state index contributed by atoms with van der Waals surface area (Å²) in [5, 5.41) is 4.12. The van der Waals surface area contributed by atoms with Crippen molar-refractivity contribution in [2.24, 2.45) is 0 Å². The molecule has 0 unspecified atom stereocenters. The zero-order valence-electron chi connectivity index (χ0n) is 8.11. The number of halogens is 2. The van der Waals surface area contributed by atoms with Gasteiger partial charge in [-0.05, 0) is 18.2 Å². The summed E-state index contributed by atoms with van der Waals surface area (Å²) < 4.78 is 0. The van der Waals surface area contributed by atoms with Crippen molar-refractivity contribution in [3.05, 3.63) is 40.6 Å². The van der Waals surface area contributed by atoms with Gasteiger partial charge in [0.1, 0.15) is 11.6 Å². The van der Waals surface area contributed by atoms with Crippen molar-refractivity contribution in [1.82, 2.24) is 9.97 Å². The third kappa shape index (κ3) is 2.74. The van der Waals surface area contributed by atoms with E-state index in [1.54, 1.807) is 18.2 Å². The molecule has 2 aromatic rings. The molecule has 0 aliphatic carbocycles. The van der Waals surface area contributed by atoms with Gasteiger partial charge >= 0.3 is 0 Å². The molecular formula is C10H8Cl2N4. The highest BCUT2D eigenvalue weighted by atomic mass is 35.5. The van der Waals surface area contributed by atoms with Crippen molar-refractivity contribution in [3.8, 4) is 0 Å². The maximum Gasteiger partial charge on any atom is 0.149 e. The van der Waals surface area contributed by atoms with E-state index in [1.165, 1.54) is 12.4 Å². The Balaban J connectivity index is 2.23. The fourth-order valence-corrected chi connectivity index (χ4v) is 1.70. The maximum absolute atomic E-state index is 5.86. The first-order valence-corrected chi connectivity index (χ1v) is 5.20. The molecule has 1 heterocycles. The van der Waals surface area contributed by atoms with Crippen LogP contribution in [0.15, 0.2) is 30.6 Å². The summed E-state index contributed by atoms with van der Waals surface area (Å²) in [5.41, 5.74) is 6.17. The largest absolute Gasteiger partial charge is 0.382 e. The molecule has 0 aliphatic rings. The van der Waals surface area contributed by atoms with E-state index in [1.807, 2.05) is 0 Å². The summed E-state index contributed by atoms with van der Waals surface area (Å²) in [5.74, 6) is 0.946. The molecule has 0 amide bonds. The number of nitrogen functional groups attached to an aromatic ring is 1. The van der Waals surface area contributed by atoms with E-state index in [0.29, 0.717) is 21.7 Å². The predicted molar refractivity (Wildman–Crippen MR) is 66.2 cm³/mol. The Kier molecular flexibility index (Phi) is 3.12. The summed E-state index contributed by atoms with van der Waals surface area (Å²) in [6, 6.07) is 5.14. The Labute approximate surface area is 102 Å². The second-order valence-corrected chi connectivity index (χ2v) is 3.98. The molecule has 0 fully saturated rings. The average molecular weight is 255 g/mol. The van der Waals surface area contributed by atoms with Gasteiger partial charge in [0, 0.05) is 15.7 Å². The van der Waals surface area contributed by atoms with Gasteiger partial charge in [-0.1, -0.05) is 23.2 Å². The maximum atomic E-state index is 5.86. The SMILES string of the molecule is Nc1cnc(Nc2cc(Cl)cc(Cl)c2)cn1.